The Morgan fingerprint density at radius 1 is 1.05 bits per heavy atom. The zero-order valence-corrected chi connectivity index (χ0v) is 14.1. The summed E-state index contributed by atoms with van der Waals surface area (Å²) in [6.45, 7) is 19.0. The van der Waals surface area contributed by atoms with Gasteiger partial charge in [-0.3, -0.25) is 4.90 Å². The minimum atomic E-state index is 0.601. The Hall–Kier alpha value is -0.0800. The lowest BCUT2D eigenvalue weighted by atomic mass is 9.77. The summed E-state index contributed by atoms with van der Waals surface area (Å²) in [4.78, 5) is 2.73. The quantitative estimate of drug-likeness (QED) is 0.756. The highest BCUT2D eigenvalue weighted by Gasteiger charge is 2.32. The highest BCUT2D eigenvalue weighted by molar-refractivity contribution is 4.86. The van der Waals surface area contributed by atoms with Gasteiger partial charge in [-0.2, -0.15) is 0 Å². The van der Waals surface area contributed by atoms with E-state index >= 15 is 0 Å². The van der Waals surface area contributed by atoms with Gasteiger partial charge in [0, 0.05) is 12.6 Å². The van der Waals surface area contributed by atoms with E-state index in [4.69, 9.17) is 0 Å². The van der Waals surface area contributed by atoms with E-state index in [1.165, 1.54) is 32.4 Å². The first kappa shape index (κ1) is 17.0. The van der Waals surface area contributed by atoms with Crippen LogP contribution in [0.5, 0.6) is 0 Å². The van der Waals surface area contributed by atoms with Crippen molar-refractivity contribution in [3.8, 4) is 0 Å². The van der Waals surface area contributed by atoms with Gasteiger partial charge in [-0.15, -0.1) is 0 Å². The Kier molecular flexibility index (Phi) is 6.82. The number of rotatable bonds is 7. The van der Waals surface area contributed by atoms with Gasteiger partial charge in [0.2, 0.25) is 0 Å². The van der Waals surface area contributed by atoms with Crippen LogP contribution in [0.4, 0.5) is 0 Å². The molecular formula is C17H36N2. The average Bonchev–Trinajstić information content (AvgIpc) is 2.35. The molecule has 1 aliphatic heterocycles. The molecule has 0 aromatic rings. The van der Waals surface area contributed by atoms with Crippen LogP contribution in [0.25, 0.3) is 0 Å². The molecule has 2 nitrogen and oxygen atoms in total. The highest BCUT2D eigenvalue weighted by Crippen LogP contribution is 2.35. The first-order chi connectivity index (χ1) is 8.88. The molecule has 1 saturated heterocycles. The summed E-state index contributed by atoms with van der Waals surface area (Å²) in [6.07, 6.45) is 4.08. The van der Waals surface area contributed by atoms with Crippen molar-refractivity contribution in [2.45, 2.75) is 66.8 Å². The van der Waals surface area contributed by atoms with Crippen molar-refractivity contribution >= 4 is 0 Å². The molecule has 0 aromatic heterocycles. The van der Waals surface area contributed by atoms with Crippen LogP contribution in [0.2, 0.25) is 0 Å². The zero-order chi connectivity index (χ0) is 14.5. The Labute approximate surface area is 121 Å². The lowest BCUT2D eigenvalue weighted by molar-refractivity contribution is 0.0621. The summed E-state index contributed by atoms with van der Waals surface area (Å²) < 4.78 is 0. The summed E-state index contributed by atoms with van der Waals surface area (Å²) in [5.74, 6) is 1.49. The second kappa shape index (κ2) is 7.64. The number of nitrogens with zero attached hydrogens (tertiary/aromatic N) is 1. The molecule has 1 rings (SSSR count). The van der Waals surface area contributed by atoms with Crippen molar-refractivity contribution < 1.29 is 0 Å². The van der Waals surface area contributed by atoms with Crippen molar-refractivity contribution in [1.82, 2.24) is 10.2 Å². The standard InChI is InChI=1S/C17H36N2/c1-7-17(6)8-10-19(11-9-17)16(15(4)5)13-18-12-14(2)3/h14-16,18H,7-13H2,1-6H3. The van der Waals surface area contributed by atoms with Crippen molar-refractivity contribution in [3.05, 3.63) is 0 Å². The van der Waals surface area contributed by atoms with Crippen LogP contribution in [0, 0.1) is 17.3 Å². The van der Waals surface area contributed by atoms with Crippen molar-refractivity contribution in [1.29, 1.82) is 0 Å². The average molecular weight is 268 g/mol. The smallest absolute Gasteiger partial charge is 0.0243 e. The maximum absolute atomic E-state index is 3.66. The first-order valence-corrected chi connectivity index (χ1v) is 8.32. The summed E-state index contributed by atoms with van der Waals surface area (Å²) in [6, 6.07) is 0.708. The molecule has 1 fully saturated rings. The minimum absolute atomic E-state index is 0.601. The van der Waals surface area contributed by atoms with Gasteiger partial charge >= 0.3 is 0 Å². The van der Waals surface area contributed by atoms with Crippen LogP contribution >= 0.6 is 0 Å². The lowest BCUT2D eigenvalue weighted by Gasteiger charge is -2.44. The summed E-state index contributed by atoms with van der Waals surface area (Å²) in [5, 5.41) is 3.66. The number of hydrogen-bond donors (Lipinski definition) is 1. The van der Waals surface area contributed by atoms with E-state index in [0.717, 1.165) is 24.9 Å². The number of likely N-dealkylation sites (tertiary alicyclic amines) is 1. The molecule has 19 heavy (non-hydrogen) atoms. The van der Waals surface area contributed by atoms with Gasteiger partial charge in [-0.05, 0) is 49.7 Å². The normalized spacial score (nSPS) is 22.1. The maximum atomic E-state index is 3.66. The fraction of sp³-hybridized carbons (Fsp3) is 1.00. The minimum Gasteiger partial charge on any atom is -0.315 e. The molecular weight excluding hydrogens is 232 g/mol. The van der Waals surface area contributed by atoms with Gasteiger partial charge in [0.15, 0.2) is 0 Å². The van der Waals surface area contributed by atoms with Gasteiger partial charge in [0.1, 0.15) is 0 Å². The molecule has 0 saturated carbocycles. The SMILES string of the molecule is CCC1(C)CCN(C(CNCC(C)C)C(C)C)CC1. The Morgan fingerprint density at radius 3 is 2.05 bits per heavy atom. The van der Waals surface area contributed by atoms with Crippen LogP contribution in [0.15, 0.2) is 0 Å². The molecule has 2 heteroatoms. The molecule has 1 unspecified atom stereocenters. The molecule has 1 atom stereocenters. The van der Waals surface area contributed by atoms with E-state index in [2.05, 4.69) is 51.8 Å². The number of piperidine rings is 1. The second-order valence-corrected chi connectivity index (χ2v) is 7.56. The van der Waals surface area contributed by atoms with Gasteiger partial charge in [0.05, 0.1) is 0 Å². The third-order valence-electron chi connectivity index (χ3n) is 5.00. The van der Waals surface area contributed by atoms with Crippen molar-refractivity contribution in [2.75, 3.05) is 26.2 Å². The Balaban J connectivity index is 2.45. The van der Waals surface area contributed by atoms with Gasteiger partial charge in [-0.1, -0.05) is 48.0 Å². The molecule has 0 amide bonds. The van der Waals surface area contributed by atoms with E-state index in [1.54, 1.807) is 0 Å². The lowest BCUT2D eigenvalue weighted by Crippen LogP contribution is -2.50. The molecule has 0 bridgehead atoms. The van der Waals surface area contributed by atoms with E-state index < -0.39 is 0 Å². The van der Waals surface area contributed by atoms with Crippen LogP contribution in [-0.4, -0.2) is 37.1 Å². The van der Waals surface area contributed by atoms with Crippen molar-refractivity contribution in [2.24, 2.45) is 17.3 Å². The largest absolute Gasteiger partial charge is 0.315 e. The highest BCUT2D eigenvalue weighted by atomic mass is 15.2. The van der Waals surface area contributed by atoms with Gasteiger partial charge in [0.25, 0.3) is 0 Å². The maximum Gasteiger partial charge on any atom is 0.0243 e. The van der Waals surface area contributed by atoms with Gasteiger partial charge < -0.3 is 5.32 Å². The van der Waals surface area contributed by atoms with Crippen LogP contribution in [0.3, 0.4) is 0 Å². The number of hydrogen-bond acceptors (Lipinski definition) is 2. The second-order valence-electron chi connectivity index (χ2n) is 7.56. The van der Waals surface area contributed by atoms with Gasteiger partial charge in [-0.25, -0.2) is 0 Å². The fourth-order valence-electron chi connectivity index (χ4n) is 3.06. The summed E-state index contributed by atoms with van der Waals surface area (Å²) in [5.41, 5.74) is 0.601. The molecule has 1 N–H and O–H groups in total. The molecule has 0 spiro atoms. The van der Waals surface area contributed by atoms with E-state index in [-0.39, 0.29) is 0 Å². The zero-order valence-electron chi connectivity index (χ0n) is 14.1. The predicted molar refractivity (Wildman–Crippen MR) is 85.5 cm³/mol. The molecule has 1 heterocycles. The topological polar surface area (TPSA) is 15.3 Å². The monoisotopic (exact) mass is 268 g/mol. The van der Waals surface area contributed by atoms with Crippen LogP contribution in [-0.2, 0) is 0 Å². The van der Waals surface area contributed by atoms with E-state index in [9.17, 15) is 0 Å². The molecule has 114 valence electrons. The predicted octanol–water partition coefficient (Wildman–Crippen LogP) is 3.77. The van der Waals surface area contributed by atoms with Crippen LogP contribution in [0.1, 0.15) is 60.8 Å². The number of nitrogens with one attached hydrogen (secondary N) is 1. The summed E-state index contributed by atoms with van der Waals surface area (Å²) in [7, 11) is 0. The van der Waals surface area contributed by atoms with E-state index in [1.807, 2.05) is 0 Å². The first-order valence-electron chi connectivity index (χ1n) is 8.32. The van der Waals surface area contributed by atoms with Crippen LogP contribution < -0.4 is 5.32 Å². The van der Waals surface area contributed by atoms with E-state index in [0.29, 0.717) is 11.5 Å². The third kappa shape index (κ3) is 5.43. The Bertz CT molecular complexity index is 240. The molecule has 0 aliphatic carbocycles. The molecule has 1 aliphatic rings. The molecule has 0 radical (unpaired) electrons. The Morgan fingerprint density at radius 2 is 1.63 bits per heavy atom. The fourth-order valence-corrected chi connectivity index (χ4v) is 3.06. The van der Waals surface area contributed by atoms with Crippen molar-refractivity contribution in [3.63, 3.8) is 0 Å². The summed E-state index contributed by atoms with van der Waals surface area (Å²) >= 11 is 0. The third-order valence-corrected chi connectivity index (χ3v) is 5.00. The molecule has 0 aromatic carbocycles.